The first-order valence-corrected chi connectivity index (χ1v) is 10.3. The molecular weight excluding hydrogens is 422 g/mol. The average molecular weight is 452 g/mol. The second-order valence-electron chi connectivity index (χ2n) is 8.23. The lowest BCUT2D eigenvalue weighted by Crippen LogP contribution is -2.44. The van der Waals surface area contributed by atoms with E-state index in [2.05, 4.69) is 16.7 Å². The highest BCUT2D eigenvalue weighted by molar-refractivity contribution is 5.99. The van der Waals surface area contributed by atoms with Gasteiger partial charge in [-0.05, 0) is 63.1 Å². The van der Waals surface area contributed by atoms with E-state index in [9.17, 15) is 14.4 Å². The predicted octanol–water partition coefficient (Wildman–Crippen LogP) is 3.63. The Morgan fingerprint density at radius 2 is 1.73 bits per heavy atom. The summed E-state index contributed by atoms with van der Waals surface area (Å²) in [7, 11) is 1.55. The van der Waals surface area contributed by atoms with Crippen LogP contribution >= 0.6 is 0 Å². The molecule has 0 aliphatic rings. The fourth-order valence-corrected chi connectivity index (χ4v) is 3.01. The van der Waals surface area contributed by atoms with E-state index in [1.165, 1.54) is 0 Å². The molecule has 0 spiro atoms. The standard InChI is InChI=1S/C25H29N3O5/c1-7-28(21(29)16-26-24(31)33-25(3,4)5)22(20-11-9-8-10-17(20)2)23(30)27-18-12-14-19(32-6)15-13-18/h1,8-15,22H,16H2,2-6H3,(H,26,31)(H,27,30). The molecule has 2 rings (SSSR count). The minimum Gasteiger partial charge on any atom is -0.497 e. The van der Waals surface area contributed by atoms with Gasteiger partial charge in [-0.2, -0.15) is 0 Å². The second kappa shape index (κ2) is 11.0. The van der Waals surface area contributed by atoms with Gasteiger partial charge >= 0.3 is 6.09 Å². The van der Waals surface area contributed by atoms with Crippen LogP contribution in [0.15, 0.2) is 48.5 Å². The zero-order valence-electron chi connectivity index (χ0n) is 19.5. The van der Waals surface area contributed by atoms with Gasteiger partial charge in [-0.25, -0.2) is 4.79 Å². The summed E-state index contributed by atoms with van der Waals surface area (Å²) in [6.45, 7) is 6.51. The predicted molar refractivity (Wildman–Crippen MR) is 125 cm³/mol. The summed E-state index contributed by atoms with van der Waals surface area (Å²) in [4.78, 5) is 39.2. The molecule has 3 amide bonds. The molecule has 0 aromatic heterocycles. The number of rotatable bonds is 7. The number of alkyl carbamates (subject to hydrolysis) is 1. The van der Waals surface area contributed by atoms with Crippen molar-refractivity contribution in [3.8, 4) is 18.2 Å². The summed E-state index contributed by atoms with van der Waals surface area (Å²) >= 11 is 0. The van der Waals surface area contributed by atoms with E-state index in [4.69, 9.17) is 15.9 Å². The molecule has 0 fully saturated rings. The molecule has 0 bridgehead atoms. The van der Waals surface area contributed by atoms with Crippen LogP contribution in [0.3, 0.4) is 0 Å². The number of aryl methyl sites for hydroxylation is 1. The van der Waals surface area contributed by atoms with E-state index in [0.29, 0.717) is 17.0 Å². The first-order chi connectivity index (χ1) is 15.6. The monoisotopic (exact) mass is 451 g/mol. The molecule has 2 N–H and O–H groups in total. The molecule has 0 heterocycles. The summed E-state index contributed by atoms with van der Waals surface area (Å²) < 4.78 is 10.3. The van der Waals surface area contributed by atoms with E-state index >= 15 is 0 Å². The van der Waals surface area contributed by atoms with E-state index in [0.717, 1.165) is 10.5 Å². The van der Waals surface area contributed by atoms with Crippen molar-refractivity contribution >= 4 is 23.6 Å². The van der Waals surface area contributed by atoms with Crippen molar-refractivity contribution in [2.45, 2.75) is 39.3 Å². The number of terminal acetylenes is 1. The van der Waals surface area contributed by atoms with Crippen LogP contribution in [0.5, 0.6) is 5.75 Å². The van der Waals surface area contributed by atoms with Gasteiger partial charge < -0.3 is 20.1 Å². The van der Waals surface area contributed by atoms with Crippen LogP contribution in [0, 0.1) is 19.4 Å². The molecular formula is C25H29N3O5. The van der Waals surface area contributed by atoms with Crippen LogP contribution in [0.1, 0.15) is 37.9 Å². The van der Waals surface area contributed by atoms with Crippen LogP contribution in [0.2, 0.25) is 0 Å². The number of methoxy groups -OCH3 is 1. The third-order valence-corrected chi connectivity index (χ3v) is 4.54. The maximum atomic E-state index is 13.3. The molecule has 2 aromatic carbocycles. The maximum absolute atomic E-state index is 13.3. The number of benzene rings is 2. The van der Waals surface area contributed by atoms with Crippen LogP contribution in [0.4, 0.5) is 10.5 Å². The van der Waals surface area contributed by atoms with Crippen molar-refractivity contribution in [3.05, 3.63) is 59.7 Å². The van der Waals surface area contributed by atoms with Gasteiger partial charge in [0.25, 0.3) is 11.8 Å². The minimum atomic E-state index is -1.12. The molecule has 0 aliphatic heterocycles. The van der Waals surface area contributed by atoms with Crippen LogP contribution in [-0.4, -0.2) is 42.1 Å². The Hall–Kier alpha value is -3.99. The molecule has 0 aliphatic carbocycles. The Morgan fingerprint density at radius 1 is 1.09 bits per heavy atom. The SMILES string of the molecule is C#CN(C(=O)CNC(=O)OC(C)(C)C)C(C(=O)Nc1ccc(OC)cc1)c1ccccc1C. The van der Waals surface area contributed by atoms with E-state index in [1.807, 2.05) is 19.1 Å². The first-order valence-electron chi connectivity index (χ1n) is 10.3. The van der Waals surface area contributed by atoms with Crippen LogP contribution in [0.25, 0.3) is 0 Å². The molecule has 1 atom stereocenters. The normalized spacial score (nSPS) is 11.5. The van der Waals surface area contributed by atoms with Crippen molar-refractivity contribution in [1.82, 2.24) is 10.2 Å². The Morgan fingerprint density at radius 3 is 2.27 bits per heavy atom. The average Bonchev–Trinajstić information content (AvgIpc) is 2.75. The van der Waals surface area contributed by atoms with Crippen molar-refractivity contribution < 1.29 is 23.9 Å². The van der Waals surface area contributed by atoms with Crippen molar-refractivity contribution in [2.75, 3.05) is 19.0 Å². The van der Waals surface area contributed by atoms with Gasteiger partial charge in [-0.15, -0.1) is 0 Å². The fraction of sp³-hybridized carbons (Fsp3) is 0.320. The van der Waals surface area contributed by atoms with Crippen molar-refractivity contribution in [3.63, 3.8) is 0 Å². The molecule has 0 saturated carbocycles. The third-order valence-electron chi connectivity index (χ3n) is 4.54. The Kier molecular flexibility index (Phi) is 8.46. The number of carbonyl (C=O) groups is 3. The summed E-state index contributed by atoms with van der Waals surface area (Å²) in [6, 6.07) is 15.1. The third kappa shape index (κ3) is 7.28. The summed E-state index contributed by atoms with van der Waals surface area (Å²) in [6.07, 6.45) is 4.89. The molecule has 8 nitrogen and oxygen atoms in total. The number of hydrogen-bond donors (Lipinski definition) is 2. The van der Waals surface area contributed by atoms with E-state index in [1.54, 1.807) is 64.3 Å². The number of nitrogens with zero attached hydrogens (tertiary/aromatic N) is 1. The van der Waals surface area contributed by atoms with E-state index in [-0.39, 0.29) is 0 Å². The summed E-state index contributed by atoms with van der Waals surface area (Å²) in [5.41, 5.74) is 1.13. The zero-order chi connectivity index (χ0) is 24.6. The Labute approximate surface area is 194 Å². The lowest BCUT2D eigenvalue weighted by Gasteiger charge is -2.28. The molecule has 8 heteroatoms. The Bertz CT molecular complexity index is 1040. The largest absolute Gasteiger partial charge is 0.497 e. The zero-order valence-corrected chi connectivity index (χ0v) is 19.5. The number of anilines is 1. The number of hydrogen-bond acceptors (Lipinski definition) is 5. The highest BCUT2D eigenvalue weighted by Gasteiger charge is 2.32. The first kappa shape index (κ1) is 25.3. The maximum Gasteiger partial charge on any atom is 0.408 e. The van der Waals surface area contributed by atoms with Gasteiger partial charge in [0.15, 0.2) is 0 Å². The van der Waals surface area contributed by atoms with Crippen molar-refractivity contribution in [1.29, 1.82) is 0 Å². The van der Waals surface area contributed by atoms with Crippen LogP contribution < -0.4 is 15.4 Å². The smallest absolute Gasteiger partial charge is 0.408 e. The number of carbonyl (C=O) groups excluding carboxylic acids is 3. The molecule has 2 aromatic rings. The minimum absolute atomic E-state index is 0.433. The highest BCUT2D eigenvalue weighted by Crippen LogP contribution is 2.26. The lowest BCUT2D eigenvalue weighted by atomic mass is 9.99. The van der Waals surface area contributed by atoms with E-state index < -0.39 is 36.1 Å². The lowest BCUT2D eigenvalue weighted by molar-refractivity contribution is -0.134. The van der Waals surface area contributed by atoms with Crippen LogP contribution in [-0.2, 0) is 14.3 Å². The van der Waals surface area contributed by atoms with Gasteiger partial charge in [0.05, 0.1) is 7.11 Å². The topological polar surface area (TPSA) is 97.0 Å². The highest BCUT2D eigenvalue weighted by atomic mass is 16.6. The van der Waals surface area contributed by atoms with Gasteiger partial charge in [0, 0.05) is 11.7 Å². The fourth-order valence-electron chi connectivity index (χ4n) is 3.01. The molecule has 0 saturated heterocycles. The molecule has 33 heavy (non-hydrogen) atoms. The molecule has 0 radical (unpaired) electrons. The summed E-state index contributed by atoms with van der Waals surface area (Å²) in [5.74, 6) is -0.503. The number of nitrogens with one attached hydrogen (secondary N) is 2. The summed E-state index contributed by atoms with van der Waals surface area (Å²) in [5, 5.41) is 5.17. The van der Waals surface area contributed by atoms with Gasteiger partial charge in [0.1, 0.15) is 23.9 Å². The second-order valence-corrected chi connectivity index (χ2v) is 8.23. The van der Waals surface area contributed by atoms with Crippen molar-refractivity contribution in [2.24, 2.45) is 0 Å². The Balaban J connectivity index is 2.28. The number of ether oxygens (including phenoxy) is 2. The quantitative estimate of drug-likeness (QED) is 0.495. The molecule has 1 unspecified atom stereocenters. The number of amides is 3. The van der Waals surface area contributed by atoms with Gasteiger partial charge in [-0.3, -0.25) is 14.5 Å². The van der Waals surface area contributed by atoms with Gasteiger partial charge in [-0.1, -0.05) is 30.7 Å². The van der Waals surface area contributed by atoms with Gasteiger partial charge in [0.2, 0.25) is 0 Å². The molecule has 174 valence electrons.